The Morgan fingerprint density at radius 2 is 2.09 bits per heavy atom. The molecule has 3 nitrogen and oxygen atoms in total. The van der Waals surface area contributed by atoms with Crippen molar-refractivity contribution < 1.29 is 9.53 Å². The van der Waals surface area contributed by atoms with Crippen LogP contribution in [0.15, 0.2) is 29.2 Å². The van der Waals surface area contributed by atoms with Gasteiger partial charge in [-0.3, -0.25) is 9.69 Å². The number of para-hydroxylation sites is 1. The van der Waals surface area contributed by atoms with Gasteiger partial charge in [0.25, 0.3) is 5.91 Å². The maximum Gasteiger partial charge on any atom is 0.266 e. The Morgan fingerprint density at radius 3 is 2.77 bits per heavy atom. The second kappa shape index (κ2) is 7.79. The molecule has 22 heavy (non-hydrogen) atoms. The quantitative estimate of drug-likeness (QED) is 0.566. The van der Waals surface area contributed by atoms with E-state index in [1.165, 1.54) is 11.8 Å². The molecule has 1 aliphatic heterocycles. The Kier molecular flexibility index (Phi) is 6.03. The number of benzene rings is 1. The van der Waals surface area contributed by atoms with Crippen molar-refractivity contribution in [3.8, 4) is 5.75 Å². The average Bonchev–Trinajstić information content (AvgIpc) is 2.77. The lowest BCUT2D eigenvalue weighted by Gasteiger charge is -2.15. The second-order valence-electron chi connectivity index (χ2n) is 5.21. The standard InChI is InChI=1S/C17H21NO2S2/c1-4-10-18-16(19)15(22-17(18)21)11-13-8-6-7-9-14(13)20-12(3)5-2/h6-9,11-12H,4-5,10H2,1-3H3/b15-11-/t12-/m1/s1. The summed E-state index contributed by atoms with van der Waals surface area (Å²) < 4.78 is 6.57. The van der Waals surface area contributed by atoms with E-state index in [-0.39, 0.29) is 12.0 Å². The van der Waals surface area contributed by atoms with Crippen molar-refractivity contribution >= 4 is 40.3 Å². The lowest BCUT2D eigenvalue weighted by molar-refractivity contribution is -0.122. The van der Waals surface area contributed by atoms with Crippen LogP contribution in [0.2, 0.25) is 0 Å². The third kappa shape index (κ3) is 3.90. The van der Waals surface area contributed by atoms with Crippen LogP contribution in [-0.4, -0.2) is 27.8 Å². The minimum atomic E-state index is -0.00445. The van der Waals surface area contributed by atoms with Crippen LogP contribution in [-0.2, 0) is 4.79 Å². The first-order valence-corrected chi connectivity index (χ1v) is 8.80. The Morgan fingerprint density at radius 1 is 1.36 bits per heavy atom. The van der Waals surface area contributed by atoms with Crippen molar-refractivity contribution in [2.24, 2.45) is 0 Å². The Bertz CT molecular complexity index is 598. The number of carbonyl (C=O) groups excluding carboxylic acids is 1. The van der Waals surface area contributed by atoms with Crippen LogP contribution in [0.3, 0.4) is 0 Å². The number of hydrogen-bond acceptors (Lipinski definition) is 4. The van der Waals surface area contributed by atoms with E-state index in [1.54, 1.807) is 4.90 Å². The van der Waals surface area contributed by atoms with Crippen molar-refractivity contribution in [1.82, 2.24) is 4.90 Å². The summed E-state index contributed by atoms with van der Waals surface area (Å²) in [5, 5.41) is 0. The van der Waals surface area contributed by atoms with Gasteiger partial charge in [-0.05, 0) is 31.9 Å². The van der Waals surface area contributed by atoms with Gasteiger partial charge < -0.3 is 4.74 Å². The molecule has 0 saturated carbocycles. The zero-order valence-corrected chi connectivity index (χ0v) is 14.8. The number of carbonyl (C=O) groups is 1. The smallest absolute Gasteiger partial charge is 0.266 e. The van der Waals surface area contributed by atoms with Gasteiger partial charge in [0.15, 0.2) is 0 Å². The van der Waals surface area contributed by atoms with Crippen molar-refractivity contribution in [2.75, 3.05) is 6.54 Å². The van der Waals surface area contributed by atoms with Crippen LogP contribution in [0.5, 0.6) is 5.75 Å². The van der Waals surface area contributed by atoms with Gasteiger partial charge in [0.05, 0.1) is 11.0 Å². The lowest BCUT2D eigenvalue weighted by atomic mass is 10.1. The van der Waals surface area contributed by atoms with E-state index < -0.39 is 0 Å². The summed E-state index contributed by atoms with van der Waals surface area (Å²) in [6.07, 6.45) is 3.86. The number of amides is 1. The molecule has 1 heterocycles. The molecular formula is C17H21NO2S2. The van der Waals surface area contributed by atoms with Crippen LogP contribution in [0.1, 0.15) is 39.2 Å². The monoisotopic (exact) mass is 335 g/mol. The molecule has 5 heteroatoms. The summed E-state index contributed by atoms with van der Waals surface area (Å²) in [6, 6.07) is 7.79. The first kappa shape index (κ1) is 17.0. The fourth-order valence-electron chi connectivity index (χ4n) is 2.06. The van der Waals surface area contributed by atoms with E-state index in [9.17, 15) is 4.79 Å². The van der Waals surface area contributed by atoms with Gasteiger partial charge in [-0.2, -0.15) is 0 Å². The topological polar surface area (TPSA) is 29.5 Å². The molecule has 1 aromatic carbocycles. The fraction of sp³-hybridized carbons (Fsp3) is 0.412. The SMILES string of the molecule is CCCN1C(=O)/C(=C/c2ccccc2O[C@H](C)CC)SC1=S. The van der Waals surface area contributed by atoms with Crippen LogP contribution in [0.4, 0.5) is 0 Å². The molecule has 0 bridgehead atoms. The van der Waals surface area contributed by atoms with Gasteiger partial charge in [-0.25, -0.2) is 0 Å². The van der Waals surface area contributed by atoms with Crippen LogP contribution >= 0.6 is 24.0 Å². The van der Waals surface area contributed by atoms with Crippen molar-refractivity contribution in [2.45, 2.75) is 39.7 Å². The minimum absolute atomic E-state index is 0.00445. The summed E-state index contributed by atoms with van der Waals surface area (Å²) in [5.41, 5.74) is 0.916. The zero-order valence-electron chi connectivity index (χ0n) is 13.2. The van der Waals surface area contributed by atoms with Gasteiger partial charge in [0, 0.05) is 12.1 Å². The summed E-state index contributed by atoms with van der Waals surface area (Å²) >= 11 is 6.66. The number of ether oxygens (including phenoxy) is 1. The van der Waals surface area contributed by atoms with Gasteiger partial charge in [-0.15, -0.1) is 0 Å². The molecule has 0 aliphatic carbocycles. The molecule has 1 atom stereocenters. The fourth-order valence-corrected chi connectivity index (χ4v) is 3.36. The van der Waals surface area contributed by atoms with Gasteiger partial charge in [0.1, 0.15) is 10.1 Å². The molecule has 0 unspecified atom stereocenters. The summed E-state index contributed by atoms with van der Waals surface area (Å²) in [5.74, 6) is 0.799. The van der Waals surface area contributed by atoms with E-state index in [2.05, 4.69) is 6.92 Å². The maximum atomic E-state index is 12.4. The number of thioether (sulfide) groups is 1. The first-order valence-electron chi connectivity index (χ1n) is 7.57. The third-order valence-corrected chi connectivity index (χ3v) is 4.81. The van der Waals surface area contributed by atoms with Gasteiger partial charge in [-0.1, -0.05) is 56.0 Å². The Hall–Kier alpha value is -1.33. The molecular weight excluding hydrogens is 314 g/mol. The van der Waals surface area contributed by atoms with Crippen LogP contribution < -0.4 is 4.74 Å². The predicted octanol–water partition coefficient (Wildman–Crippen LogP) is 4.48. The van der Waals surface area contributed by atoms with Crippen molar-refractivity contribution in [3.63, 3.8) is 0 Å². The summed E-state index contributed by atoms with van der Waals surface area (Å²) in [6.45, 7) is 6.84. The number of hydrogen-bond donors (Lipinski definition) is 0. The minimum Gasteiger partial charge on any atom is -0.490 e. The van der Waals surface area contributed by atoms with Crippen LogP contribution in [0.25, 0.3) is 6.08 Å². The lowest BCUT2D eigenvalue weighted by Crippen LogP contribution is -2.28. The summed E-state index contributed by atoms with van der Waals surface area (Å²) in [4.78, 5) is 14.7. The molecule has 1 saturated heterocycles. The highest BCUT2D eigenvalue weighted by molar-refractivity contribution is 8.26. The Balaban J connectivity index is 2.26. The third-order valence-electron chi connectivity index (χ3n) is 3.43. The molecule has 1 aromatic rings. The maximum absolute atomic E-state index is 12.4. The summed E-state index contributed by atoms with van der Waals surface area (Å²) in [7, 11) is 0. The van der Waals surface area contributed by atoms with E-state index in [0.717, 1.165) is 24.2 Å². The van der Waals surface area contributed by atoms with Crippen LogP contribution in [0, 0.1) is 0 Å². The molecule has 0 N–H and O–H groups in total. The molecule has 0 aromatic heterocycles. The van der Waals surface area contributed by atoms with Crippen molar-refractivity contribution in [1.29, 1.82) is 0 Å². The normalized spacial score (nSPS) is 18.1. The second-order valence-corrected chi connectivity index (χ2v) is 6.88. The van der Waals surface area contributed by atoms with E-state index in [1.807, 2.05) is 44.2 Å². The van der Waals surface area contributed by atoms with Gasteiger partial charge in [0.2, 0.25) is 0 Å². The van der Waals surface area contributed by atoms with Crippen molar-refractivity contribution in [3.05, 3.63) is 34.7 Å². The molecule has 2 rings (SSSR count). The highest BCUT2D eigenvalue weighted by atomic mass is 32.2. The number of nitrogens with zero attached hydrogens (tertiary/aromatic N) is 1. The highest BCUT2D eigenvalue weighted by Gasteiger charge is 2.31. The first-order chi connectivity index (χ1) is 10.6. The molecule has 1 aliphatic rings. The molecule has 1 amide bonds. The molecule has 0 spiro atoms. The van der Waals surface area contributed by atoms with Gasteiger partial charge >= 0.3 is 0 Å². The number of rotatable bonds is 6. The van der Waals surface area contributed by atoms with E-state index in [0.29, 0.717) is 15.8 Å². The Labute approximate surface area is 141 Å². The number of thiocarbonyl (C=S) groups is 1. The molecule has 118 valence electrons. The van der Waals surface area contributed by atoms with E-state index >= 15 is 0 Å². The predicted molar refractivity (Wildman–Crippen MR) is 97.0 cm³/mol. The average molecular weight is 335 g/mol. The van der Waals surface area contributed by atoms with E-state index in [4.69, 9.17) is 17.0 Å². The highest BCUT2D eigenvalue weighted by Crippen LogP contribution is 2.34. The largest absolute Gasteiger partial charge is 0.490 e. The molecule has 1 fully saturated rings. The molecule has 0 radical (unpaired) electrons. The zero-order chi connectivity index (χ0) is 16.1.